The van der Waals surface area contributed by atoms with E-state index in [2.05, 4.69) is 5.32 Å². The van der Waals surface area contributed by atoms with Crippen molar-refractivity contribution in [3.05, 3.63) is 69.2 Å². The molecule has 2 rings (SSSR count). The van der Waals surface area contributed by atoms with E-state index in [-0.39, 0.29) is 0 Å². The zero-order valence-electron chi connectivity index (χ0n) is 10.8. The van der Waals surface area contributed by atoms with E-state index in [9.17, 15) is 8.78 Å². The second kappa shape index (κ2) is 6.53. The van der Waals surface area contributed by atoms with Gasteiger partial charge in [0, 0.05) is 16.1 Å². The number of hydrogen-bond acceptors (Lipinski definition) is 1. The second-order valence-electron chi connectivity index (χ2n) is 4.36. The number of rotatable bonds is 4. The normalized spacial score (nSPS) is 12.4. The van der Waals surface area contributed by atoms with Gasteiger partial charge >= 0.3 is 0 Å². The van der Waals surface area contributed by atoms with Crippen LogP contribution in [0, 0.1) is 11.6 Å². The Balaban J connectivity index is 2.49. The van der Waals surface area contributed by atoms with Crippen LogP contribution in [0.3, 0.4) is 0 Å². The molecule has 1 atom stereocenters. The molecule has 2 aromatic carbocycles. The lowest BCUT2D eigenvalue weighted by molar-refractivity contribution is 0.565. The number of hydrogen-bond donors (Lipinski definition) is 1. The first kappa shape index (κ1) is 15.2. The molecular formula is C15H13Cl2F2N. The maximum atomic E-state index is 13.4. The van der Waals surface area contributed by atoms with Gasteiger partial charge in [-0.15, -0.1) is 0 Å². The van der Waals surface area contributed by atoms with Crippen molar-refractivity contribution < 1.29 is 8.78 Å². The van der Waals surface area contributed by atoms with Crippen LogP contribution < -0.4 is 5.32 Å². The van der Waals surface area contributed by atoms with Crippen molar-refractivity contribution in [3.8, 4) is 0 Å². The average molecular weight is 316 g/mol. The molecule has 0 bridgehead atoms. The molecule has 0 saturated carbocycles. The molecule has 0 saturated heterocycles. The van der Waals surface area contributed by atoms with E-state index in [1.165, 1.54) is 12.1 Å². The molecular weight excluding hydrogens is 303 g/mol. The highest BCUT2D eigenvalue weighted by atomic mass is 35.5. The Hall–Kier alpha value is -1.16. The van der Waals surface area contributed by atoms with E-state index in [1.807, 2.05) is 6.92 Å². The fraction of sp³-hybridized carbons (Fsp3) is 0.200. The zero-order valence-corrected chi connectivity index (χ0v) is 12.3. The summed E-state index contributed by atoms with van der Waals surface area (Å²) in [6, 6.07) is 8.09. The van der Waals surface area contributed by atoms with Gasteiger partial charge in [-0.3, -0.25) is 0 Å². The van der Waals surface area contributed by atoms with Gasteiger partial charge in [-0.2, -0.15) is 0 Å². The minimum atomic E-state index is -0.618. The summed E-state index contributed by atoms with van der Waals surface area (Å²) in [7, 11) is 0. The minimum Gasteiger partial charge on any atom is -0.306 e. The van der Waals surface area contributed by atoms with Crippen molar-refractivity contribution in [3.63, 3.8) is 0 Å². The molecule has 5 heteroatoms. The smallest absolute Gasteiger partial charge is 0.126 e. The maximum Gasteiger partial charge on any atom is 0.126 e. The molecule has 0 radical (unpaired) electrons. The molecule has 20 heavy (non-hydrogen) atoms. The van der Waals surface area contributed by atoms with Gasteiger partial charge in [0.05, 0.1) is 6.04 Å². The Bertz CT molecular complexity index is 597. The zero-order chi connectivity index (χ0) is 14.7. The fourth-order valence-electron chi connectivity index (χ4n) is 2.09. The van der Waals surface area contributed by atoms with E-state index in [1.54, 1.807) is 18.2 Å². The topological polar surface area (TPSA) is 12.0 Å². The van der Waals surface area contributed by atoms with Gasteiger partial charge in [0.25, 0.3) is 0 Å². The molecule has 0 spiro atoms. The molecule has 106 valence electrons. The summed E-state index contributed by atoms with van der Waals surface area (Å²) < 4.78 is 26.8. The fourth-order valence-corrected chi connectivity index (χ4v) is 2.61. The van der Waals surface area contributed by atoms with Crippen molar-refractivity contribution in [2.45, 2.75) is 13.0 Å². The summed E-state index contributed by atoms with van der Waals surface area (Å²) in [6.45, 7) is 2.54. The molecule has 0 amide bonds. The Kier molecular flexibility index (Phi) is 4.97. The molecule has 0 aliphatic rings. The van der Waals surface area contributed by atoms with Gasteiger partial charge in [-0.1, -0.05) is 36.2 Å². The summed E-state index contributed by atoms with van der Waals surface area (Å²) in [5, 5.41) is 4.13. The lowest BCUT2D eigenvalue weighted by atomic mass is 9.98. The van der Waals surface area contributed by atoms with E-state index < -0.39 is 17.7 Å². The van der Waals surface area contributed by atoms with E-state index in [0.29, 0.717) is 22.2 Å². The molecule has 0 heterocycles. The van der Waals surface area contributed by atoms with Crippen molar-refractivity contribution >= 4 is 23.2 Å². The molecule has 2 aromatic rings. The third-order valence-corrected chi connectivity index (χ3v) is 3.46. The first-order valence-electron chi connectivity index (χ1n) is 6.15. The van der Waals surface area contributed by atoms with Gasteiger partial charge in [0.1, 0.15) is 11.6 Å². The largest absolute Gasteiger partial charge is 0.306 e. The SMILES string of the molecule is CCNC(c1cc(F)cc(F)c1)c1ccc(Cl)cc1Cl. The molecule has 1 N–H and O–H groups in total. The van der Waals surface area contributed by atoms with Gasteiger partial charge in [0.2, 0.25) is 0 Å². The van der Waals surface area contributed by atoms with Crippen LogP contribution in [0.25, 0.3) is 0 Å². The Morgan fingerprint density at radius 1 is 1.05 bits per heavy atom. The van der Waals surface area contributed by atoms with Crippen LogP contribution in [0.2, 0.25) is 10.0 Å². The van der Waals surface area contributed by atoms with Crippen molar-refractivity contribution in [1.82, 2.24) is 5.32 Å². The highest BCUT2D eigenvalue weighted by Gasteiger charge is 2.18. The highest BCUT2D eigenvalue weighted by molar-refractivity contribution is 6.35. The summed E-state index contributed by atoms with van der Waals surface area (Å²) in [5.41, 5.74) is 1.21. The first-order chi connectivity index (χ1) is 9.51. The Labute approximate surface area is 126 Å². The quantitative estimate of drug-likeness (QED) is 0.840. The van der Waals surface area contributed by atoms with Gasteiger partial charge in [-0.25, -0.2) is 8.78 Å². The predicted octanol–water partition coefficient (Wildman–Crippen LogP) is 4.97. The second-order valence-corrected chi connectivity index (χ2v) is 5.20. The average Bonchev–Trinajstić information content (AvgIpc) is 2.35. The van der Waals surface area contributed by atoms with Crippen LogP contribution in [0.1, 0.15) is 24.1 Å². The van der Waals surface area contributed by atoms with Crippen molar-refractivity contribution in [2.75, 3.05) is 6.54 Å². The predicted molar refractivity (Wildman–Crippen MR) is 78.3 cm³/mol. The molecule has 1 unspecified atom stereocenters. The Morgan fingerprint density at radius 3 is 2.25 bits per heavy atom. The summed E-state index contributed by atoms with van der Waals surface area (Å²) >= 11 is 12.0. The standard InChI is InChI=1S/C15H13Cl2F2N/c1-2-20-15(9-5-11(18)8-12(19)6-9)13-4-3-10(16)7-14(13)17/h3-8,15,20H,2H2,1H3. The first-order valence-corrected chi connectivity index (χ1v) is 6.91. The van der Waals surface area contributed by atoms with E-state index in [0.717, 1.165) is 11.6 Å². The van der Waals surface area contributed by atoms with Gasteiger partial charge in [-0.05, 0) is 41.9 Å². The third kappa shape index (κ3) is 3.48. The maximum absolute atomic E-state index is 13.4. The van der Waals surface area contributed by atoms with E-state index in [4.69, 9.17) is 23.2 Å². The van der Waals surface area contributed by atoms with Crippen molar-refractivity contribution in [2.24, 2.45) is 0 Å². The molecule has 0 aliphatic carbocycles. The van der Waals surface area contributed by atoms with Crippen LogP contribution in [0.4, 0.5) is 8.78 Å². The number of halogens is 4. The summed E-state index contributed by atoms with van der Waals surface area (Å²) in [5.74, 6) is -1.24. The molecule has 0 aliphatic heterocycles. The van der Waals surface area contributed by atoms with Crippen LogP contribution in [-0.2, 0) is 0 Å². The Morgan fingerprint density at radius 2 is 1.70 bits per heavy atom. The van der Waals surface area contributed by atoms with Crippen LogP contribution in [0.5, 0.6) is 0 Å². The molecule has 0 fully saturated rings. The number of nitrogens with one attached hydrogen (secondary N) is 1. The summed E-state index contributed by atoms with van der Waals surface area (Å²) in [6.07, 6.45) is 0. The third-order valence-electron chi connectivity index (χ3n) is 2.90. The lowest BCUT2D eigenvalue weighted by Crippen LogP contribution is -2.22. The van der Waals surface area contributed by atoms with Crippen LogP contribution >= 0.6 is 23.2 Å². The van der Waals surface area contributed by atoms with Crippen molar-refractivity contribution in [1.29, 1.82) is 0 Å². The van der Waals surface area contributed by atoms with Gasteiger partial charge < -0.3 is 5.32 Å². The van der Waals surface area contributed by atoms with Crippen LogP contribution in [0.15, 0.2) is 36.4 Å². The molecule has 0 aromatic heterocycles. The van der Waals surface area contributed by atoms with E-state index >= 15 is 0 Å². The summed E-state index contributed by atoms with van der Waals surface area (Å²) in [4.78, 5) is 0. The lowest BCUT2D eigenvalue weighted by Gasteiger charge is -2.20. The molecule has 1 nitrogen and oxygen atoms in total. The highest BCUT2D eigenvalue weighted by Crippen LogP contribution is 2.31. The number of benzene rings is 2. The van der Waals surface area contributed by atoms with Gasteiger partial charge in [0.15, 0.2) is 0 Å². The monoisotopic (exact) mass is 315 g/mol. The van der Waals surface area contributed by atoms with Crippen LogP contribution in [-0.4, -0.2) is 6.54 Å². The minimum absolute atomic E-state index is 0.394.